The molecular weight excluding hydrogens is 210 g/mol. The average Bonchev–Trinajstić information content (AvgIpc) is 2.67. The highest BCUT2D eigenvalue weighted by Crippen LogP contribution is 2.22. The number of nitrogens with zero attached hydrogens (tertiary/aromatic N) is 2. The van der Waals surface area contributed by atoms with Crippen LogP contribution in [-0.2, 0) is 0 Å². The Morgan fingerprint density at radius 1 is 1.06 bits per heavy atom. The first-order chi connectivity index (χ1) is 8.25. The number of aryl methyl sites for hydroxylation is 1. The Labute approximate surface area is 99.5 Å². The number of aromatic nitrogens is 2. The van der Waals surface area contributed by atoms with E-state index >= 15 is 0 Å². The summed E-state index contributed by atoms with van der Waals surface area (Å²) in [6.07, 6.45) is 0. The summed E-state index contributed by atoms with van der Waals surface area (Å²) in [7, 11) is 0. The van der Waals surface area contributed by atoms with Crippen molar-refractivity contribution >= 4 is 16.6 Å². The Hall–Kier alpha value is -2.29. The highest BCUT2D eigenvalue weighted by Gasteiger charge is 2.08. The zero-order valence-electron chi connectivity index (χ0n) is 9.59. The molecule has 1 heterocycles. The molecule has 0 atom stereocenters. The van der Waals surface area contributed by atoms with Gasteiger partial charge in [0.25, 0.3) is 0 Å². The normalized spacial score (nSPS) is 10.9. The molecule has 0 unspecified atom stereocenters. The Bertz CT molecular complexity index is 669. The summed E-state index contributed by atoms with van der Waals surface area (Å²) in [5, 5.41) is 5.72. The van der Waals surface area contributed by atoms with Gasteiger partial charge in [0.15, 0.2) is 0 Å². The molecular formula is C14H13N3. The molecule has 0 fully saturated rings. The van der Waals surface area contributed by atoms with Gasteiger partial charge in [0.2, 0.25) is 0 Å². The van der Waals surface area contributed by atoms with Crippen molar-refractivity contribution in [1.29, 1.82) is 0 Å². The Kier molecular flexibility index (Phi) is 2.11. The van der Waals surface area contributed by atoms with E-state index in [-0.39, 0.29) is 0 Å². The van der Waals surface area contributed by atoms with Crippen LogP contribution in [0.25, 0.3) is 16.6 Å². The van der Waals surface area contributed by atoms with Crippen LogP contribution >= 0.6 is 0 Å². The molecule has 3 aromatic rings. The van der Waals surface area contributed by atoms with Gasteiger partial charge in [-0.2, -0.15) is 5.10 Å². The number of para-hydroxylation sites is 1. The minimum absolute atomic E-state index is 0.746. The highest BCUT2D eigenvalue weighted by atomic mass is 15.3. The van der Waals surface area contributed by atoms with E-state index < -0.39 is 0 Å². The fraction of sp³-hybridized carbons (Fsp3) is 0.0714. The van der Waals surface area contributed by atoms with Gasteiger partial charge in [0.05, 0.1) is 11.2 Å². The molecule has 3 nitrogen and oxygen atoms in total. The molecule has 0 radical (unpaired) electrons. The molecule has 0 aliphatic heterocycles. The summed E-state index contributed by atoms with van der Waals surface area (Å²) in [5.41, 5.74) is 9.65. The van der Waals surface area contributed by atoms with Crippen LogP contribution in [0.2, 0.25) is 0 Å². The van der Waals surface area contributed by atoms with Crippen molar-refractivity contribution in [2.75, 3.05) is 5.73 Å². The number of hydrogen-bond acceptors (Lipinski definition) is 2. The first kappa shape index (κ1) is 9.90. The van der Waals surface area contributed by atoms with Gasteiger partial charge in [-0.25, -0.2) is 4.68 Å². The largest absolute Gasteiger partial charge is 0.399 e. The number of anilines is 1. The summed E-state index contributed by atoms with van der Waals surface area (Å²) >= 11 is 0. The van der Waals surface area contributed by atoms with E-state index in [0.29, 0.717) is 0 Å². The summed E-state index contributed by atoms with van der Waals surface area (Å²) in [6.45, 7) is 2.07. The average molecular weight is 223 g/mol. The number of hydrogen-bond donors (Lipinski definition) is 1. The molecule has 1 aromatic heterocycles. The lowest BCUT2D eigenvalue weighted by Crippen LogP contribution is -1.97. The molecule has 84 valence electrons. The third-order valence-electron chi connectivity index (χ3n) is 2.94. The van der Waals surface area contributed by atoms with Gasteiger partial charge in [-0.1, -0.05) is 18.2 Å². The summed E-state index contributed by atoms with van der Waals surface area (Å²) in [5.74, 6) is 0. The van der Waals surface area contributed by atoms with E-state index in [9.17, 15) is 0 Å². The quantitative estimate of drug-likeness (QED) is 0.644. The zero-order chi connectivity index (χ0) is 11.8. The Balaban J connectivity index is 2.28. The van der Waals surface area contributed by atoms with Crippen LogP contribution in [0.15, 0.2) is 48.5 Å². The maximum atomic E-state index is 5.77. The predicted octanol–water partition coefficient (Wildman–Crippen LogP) is 2.92. The topological polar surface area (TPSA) is 43.8 Å². The molecule has 17 heavy (non-hydrogen) atoms. The number of benzene rings is 2. The van der Waals surface area contributed by atoms with Crippen LogP contribution in [-0.4, -0.2) is 9.78 Å². The van der Waals surface area contributed by atoms with Gasteiger partial charge in [-0.15, -0.1) is 0 Å². The fourth-order valence-corrected chi connectivity index (χ4v) is 2.05. The van der Waals surface area contributed by atoms with E-state index in [1.54, 1.807) is 0 Å². The fourth-order valence-electron chi connectivity index (χ4n) is 2.05. The van der Waals surface area contributed by atoms with Crippen LogP contribution in [0.4, 0.5) is 5.69 Å². The summed E-state index contributed by atoms with van der Waals surface area (Å²) in [4.78, 5) is 0. The second-order valence-electron chi connectivity index (χ2n) is 4.11. The van der Waals surface area contributed by atoms with Crippen LogP contribution in [0.1, 0.15) is 5.69 Å². The zero-order valence-corrected chi connectivity index (χ0v) is 9.59. The lowest BCUT2D eigenvalue weighted by atomic mass is 10.2. The van der Waals surface area contributed by atoms with Crippen LogP contribution in [0, 0.1) is 6.92 Å². The number of nitrogen functional groups attached to an aromatic ring is 1. The second-order valence-corrected chi connectivity index (χ2v) is 4.11. The van der Waals surface area contributed by atoms with Crippen molar-refractivity contribution in [2.45, 2.75) is 6.92 Å². The summed E-state index contributed by atoms with van der Waals surface area (Å²) in [6, 6.07) is 15.9. The van der Waals surface area contributed by atoms with Crippen molar-refractivity contribution in [3.05, 3.63) is 54.2 Å². The van der Waals surface area contributed by atoms with Crippen LogP contribution in [0.3, 0.4) is 0 Å². The van der Waals surface area contributed by atoms with Crippen molar-refractivity contribution in [2.24, 2.45) is 0 Å². The van der Waals surface area contributed by atoms with Gasteiger partial charge >= 0.3 is 0 Å². The minimum atomic E-state index is 0.746. The van der Waals surface area contributed by atoms with Gasteiger partial charge < -0.3 is 5.73 Å². The molecule has 3 heteroatoms. The maximum absolute atomic E-state index is 5.77. The van der Waals surface area contributed by atoms with Crippen molar-refractivity contribution in [3.63, 3.8) is 0 Å². The Morgan fingerprint density at radius 2 is 1.82 bits per heavy atom. The highest BCUT2D eigenvalue weighted by molar-refractivity contribution is 5.84. The molecule has 0 spiro atoms. The smallest absolute Gasteiger partial charge is 0.0951 e. The first-order valence-electron chi connectivity index (χ1n) is 5.56. The molecule has 0 aliphatic rings. The number of nitrogens with two attached hydrogens (primary N) is 1. The Morgan fingerprint density at radius 3 is 2.59 bits per heavy atom. The van der Waals surface area contributed by atoms with Crippen LogP contribution < -0.4 is 5.73 Å². The molecule has 0 saturated carbocycles. The van der Waals surface area contributed by atoms with E-state index in [4.69, 9.17) is 5.73 Å². The monoisotopic (exact) mass is 223 g/mol. The number of fused-ring (bicyclic) bond motifs is 1. The lowest BCUT2D eigenvalue weighted by molar-refractivity contribution is 0.861. The predicted molar refractivity (Wildman–Crippen MR) is 70.2 cm³/mol. The van der Waals surface area contributed by atoms with Crippen LogP contribution in [0.5, 0.6) is 0 Å². The number of rotatable bonds is 1. The van der Waals surface area contributed by atoms with Gasteiger partial charge in [-0.3, -0.25) is 0 Å². The third kappa shape index (κ3) is 1.56. The molecule has 0 amide bonds. The third-order valence-corrected chi connectivity index (χ3v) is 2.94. The van der Waals surface area contributed by atoms with Crippen molar-refractivity contribution in [3.8, 4) is 5.69 Å². The van der Waals surface area contributed by atoms with E-state index in [0.717, 1.165) is 28.0 Å². The first-order valence-corrected chi connectivity index (χ1v) is 5.56. The standard InChI is InChI=1S/C14H13N3/c1-10-13-8-7-11(15)9-14(13)16-17(10)12-5-3-2-4-6-12/h2-9H,15H2,1H3. The van der Waals surface area contributed by atoms with E-state index in [1.807, 2.05) is 53.2 Å². The van der Waals surface area contributed by atoms with Crippen molar-refractivity contribution in [1.82, 2.24) is 9.78 Å². The van der Waals surface area contributed by atoms with Gasteiger partial charge in [0.1, 0.15) is 0 Å². The van der Waals surface area contributed by atoms with Gasteiger partial charge in [0, 0.05) is 16.8 Å². The SMILES string of the molecule is Cc1c2ccc(N)cc2nn1-c1ccccc1. The summed E-state index contributed by atoms with van der Waals surface area (Å²) < 4.78 is 1.95. The molecule has 0 bridgehead atoms. The van der Waals surface area contributed by atoms with Crippen molar-refractivity contribution < 1.29 is 0 Å². The molecule has 0 saturated heterocycles. The molecule has 0 aliphatic carbocycles. The van der Waals surface area contributed by atoms with Gasteiger partial charge in [-0.05, 0) is 37.3 Å². The second kappa shape index (κ2) is 3.63. The van der Waals surface area contributed by atoms with E-state index in [2.05, 4.69) is 12.0 Å². The minimum Gasteiger partial charge on any atom is -0.399 e. The van der Waals surface area contributed by atoms with E-state index in [1.165, 1.54) is 0 Å². The molecule has 3 rings (SSSR count). The molecule has 2 N–H and O–H groups in total. The molecule has 2 aromatic carbocycles. The lowest BCUT2D eigenvalue weighted by Gasteiger charge is -2.02. The maximum Gasteiger partial charge on any atom is 0.0951 e.